The largest absolute Gasteiger partial charge is 0.422 e. The molecule has 1 spiro atoms. The zero-order chi connectivity index (χ0) is 21.0. The smallest absolute Gasteiger partial charge is 0.395 e. The fraction of sp³-hybridized carbons (Fsp3) is 0.250. The van der Waals surface area contributed by atoms with Crippen LogP contribution in [0.3, 0.4) is 0 Å². The molecule has 0 aromatic heterocycles. The van der Waals surface area contributed by atoms with E-state index in [-0.39, 0.29) is 12.0 Å². The van der Waals surface area contributed by atoms with Crippen LogP contribution in [0.5, 0.6) is 0 Å². The van der Waals surface area contributed by atoms with Crippen molar-refractivity contribution in [2.75, 3.05) is 6.54 Å². The van der Waals surface area contributed by atoms with Crippen molar-refractivity contribution < 1.29 is 19.1 Å². The fourth-order valence-corrected chi connectivity index (χ4v) is 5.05. The Balaban J connectivity index is 1.25. The van der Waals surface area contributed by atoms with Crippen molar-refractivity contribution in [1.29, 1.82) is 0 Å². The van der Waals surface area contributed by atoms with E-state index >= 15 is 0 Å². The van der Waals surface area contributed by atoms with Crippen LogP contribution >= 0.6 is 0 Å². The van der Waals surface area contributed by atoms with Gasteiger partial charge in [-0.05, 0) is 35.3 Å². The molecule has 3 aliphatic heterocycles. The number of fused-ring (bicyclic) bond motifs is 2. The predicted molar refractivity (Wildman–Crippen MR) is 110 cm³/mol. The number of rotatable bonds is 4. The molecule has 3 heterocycles. The summed E-state index contributed by atoms with van der Waals surface area (Å²) in [7, 11) is 0. The molecular weight excluding hydrogens is 394 g/mol. The lowest BCUT2D eigenvalue weighted by atomic mass is 9.89. The van der Waals surface area contributed by atoms with Gasteiger partial charge in [0, 0.05) is 19.0 Å². The number of allylic oxidation sites excluding steroid dienone is 2. The first-order valence-corrected chi connectivity index (χ1v) is 10.4. The molecule has 2 unspecified atom stereocenters. The SMILES string of the molecule is O=C1OC2(OC1=O)c1ccccc1CN2CCC1C=CC2=C1C(c1ccccc1)NN2. The molecule has 1 fully saturated rings. The maximum absolute atomic E-state index is 11.9. The molecule has 2 N–H and O–H groups in total. The highest BCUT2D eigenvalue weighted by Crippen LogP contribution is 2.46. The Morgan fingerprint density at radius 2 is 1.74 bits per heavy atom. The first kappa shape index (κ1) is 18.4. The van der Waals surface area contributed by atoms with Crippen LogP contribution in [0.15, 0.2) is 78.0 Å². The quantitative estimate of drug-likeness (QED) is 0.586. The van der Waals surface area contributed by atoms with Gasteiger partial charge in [-0.2, -0.15) is 0 Å². The summed E-state index contributed by atoms with van der Waals surface area (Å²) in [5.74, 6) is -3.12. The molecule has 0 radical (unpaired) electrons. The minimum Gasteiger partial charge on any atom is -0.395 e. The molecule has 0 amide bonds. The third kappa shape index (κ3) is 2.74. The summed E-state index contributed by atoms with van der Waals surface area (Å²) in [5.41, 5.74) is 12.0. The highest BCUT2D eigenvalue weighted by molar-refractivity contribution is 6.31. The molecule has 31 heavy (non-hydrogen) atoms. The Morgan fingerprint density at radius 1 is 1.00 bits per heavy atom. The standard InChI is InChI=1S/C24H21N3O4/c28-22-23(29)31-24(30-22)18-9-5-4-8-17(18)14-27(24)13-12-15-10-11-19-20(15)21(26-25-19)16-6-2-1-3-7-16/h1-11,15,21,25-26H,12-14H2. The molecule has 1 saturated heterocycles. The Labute approximate surface area is 179 Å². The van der Waals surface area contributed by atoms with E-state index in [1.807, 2.05) is 47.4 Å². The van der Waals surface area contributed by atoms with E-state index in [9.17, 15) is 9.59 Å². The second kappa shape index (κ2) is 6.80. The molecule has 2 aromatic rings. The number of carbonyl (C=O) groups is 2. The van der Waals surface area contributed by atoms with Crippen molar-refractivity contribution in [1.82, 2.24) is 15.8 Å². The van der Waals surface area contributed by atoms with Crippen LogP contribution < -0.4 is 10.9 Å². The zero-order valence-electron chi connectivity index (χ0n) is 16.7. The number of nitrogens with one attached hydrogen (secondary N) is 2. The van der Waals surface area contributed by atoms with Gasteiger partial charge in [0.05, 0.1) is 17.3 Å². The van der Waals surface area contributed by atoms with Crippen LogP contribution in [-0.2, 0) is 31.5 Å². The van der Waals surface area contributed by atoms with Gasteiger partial charge in [0.2, 0.25) is 0 Å². The van der Waals surface area contributed by atoms with Crippen molar-refractivity contribution >= 4 is 11.9 Å². The van der Waals surface area contributed by atoms with Crippen molar-refractivity contribution in [3.63, 3.8) is 0 Å². The number of nitrogens with zero attached hydrogens (tertiary/aromatic N) is 1. The molecule has 1 aliphatic carbocycles. The van der Waals surface area contributed by atoms with Crippen molar-refractivity contribution in [3.05, 3.63) is 94.7 Å². The molecular formula is C24H21N3O4. The lowest BCUT2D eigenvalue weighted by Crippen LogP contribution is -2.43. The summed E-state index contributed by atoms with van der Waals surface area (Å²) in [6.07, 6.45) is 5.12. The molecule has 0 bridgehead atoms. The number of hydrogen-bond donors (Lipinski definition) is 2. The van der Waals surface area contributed by atoms with Gasteiger partial charge in [-0.15, -0.1) is 0 Å². The fourth-order valence-electron chi connectivity index (χ4n) is 5.05. The zero-order valence-corrected chi connectivity index (χ0v) is 16.7. The Kier molecular flexibility index (Phi) is 4.03. The van der Waals surface area contributed by atoms with Gasteiger partial charge < -0.3 is 14.9 Å². The van der Waals surface area contributed by atoms with Crippen molar-refractivity contribution in [2.45, 2.75) is 24.9 Å². The van der Waals surface area contributed by atoms with Gasteiger partial charge in [-0.3, -0.25) is 0 Å². The lowest BCUT2D eigenvalue weighted by Gasteiger charge is -2.32. The highest BCUT2D eigenvalue weighted by atomic mass is 16.8. The third-order valence-electron chi connectivity index (χ3n) is 6.47. The van der Waals surface area contributed by atoms with Crippen molar-refractivity contribution in [3.8, 4) is 0 Å². The number of esters is 2. The molecule has 6 rings (SSSR count). The van der Waals surface area contributed by atoms with Gasteiger partial charge in [0.15, 0.2) is 0 Å². The van der Waals surface area contributed by atoms with Crippen LogP contribution in [0.4, 0.5) is 0 Å². The minimum atomic E-state index is -1.45. The molecule has 0 saturated carbocycles. The van der Waals surface area contributed by atoms with E-state index in [2.05, 4.69) is 35.1 Å². The summed E-state index contributed by atoms with van der Waals surface area (Å²) >= 11 is 0. The Morgan fingerprint density at radius 3 is 2.55 bits per heavy atom. The highest BCUT2D eigenvalue weighted by Gasteiger charge is 2.58. The summed E-state index contributed by atoms with van der Waals surface area (Å²) in [6.45, 7) is 1.15. The van der Waals surface area contributed by atoms with Crippen molar-refractivity contribution in [2.24, 2.45) is 5.92 Å². The topological polar surface area (TPSA) is 79.9 Å². The van der Waals surface area contributed by atoms with E-state index in [0.717, 1.165) is 23.2 Å². The molecule has 7 heteroatoms. The second-order valence-electron chi connectivity index (χ2n) is 8.18. The van der Waals surface area contributed by atoms with E-state index in [1.54, 1.807) is 0 Å². The average molecular weight is 415 g/mol. The molecule has 7 nitrogen and oxygen atoms in total. The maximum atomic E-state index is 11.9. The maximum Gasteiger partial charge on any atom is 0.422 e. The van der Waals surface area contributed by atoms with E-state index < -0.39 is 17.8 Å². The van der Waals surface area contributed by atoms with Gasteiger partial charge >= 0.3 is 17.8 Å². The van der Waals surface area contributed by atoms with Gasteiger partial charge in [0.1, 0.15) is 0 Å². The van der Waals surface area contributed by atoms with Crippen LogP contribution in [-0.4, -0.2) is 23.4 Å². The van der Waals surface area contributed by atoms with Crippen LogP contribution in [0.1, 0.15) is 29.2 Å². The van der Waals surface area contributed by atoms with Crippen LogP contribution in [0.2, 0.25) is 0 Å². The van der Waals surface area contributed by atoms with Gasteiger partial charge in [-0.25, -0.2) is 19.9 Å². The average Bonchev–Trinajstić information content (AvgIpc) is 3.52. The molecule has 4 aliphatic rings. The van der Waals surface area contributed by atoms with E-state index in [4.69, 9.17) is 9.47 Å². The molecule has 2 atom stereocenters. The Hall–Kier alpha value is -3.42. The lowest BCUT2D eigenvalue weighted by molar-refractivity contribution is -0.254. The number of hydrogen-bond acceptors (Lipinski definition) is 7. The third-order valence-corrected chi connectivity index (χ3v) is 6.47. The first-order valence-electron chi connectivity index (χ1n) is 10.4. The predicted octanol–water partition coefficient (Wildman–Crippen LogP) is 2.39. The van der Waals surface area contributed by atoms with Crippen LogP contribution in [0, 0.1) is 5.92 Å². The number of ether oxygens (including phenoxy) is 2. The van der Waals surface area contributed by atoms with Gasteiger partial charge in [0.25, 0.3) is 0 Å². The summed E-state index contributed by atoms with van der Waals surface area (Å²) in [5, 5.41) is 0. The molecule has 156 valence electrons. The second-order valence-corrected chi connectivity index (χ2v) is 8.18. The normalized spacial score (nSPS) is 25.5. The monoisotopic (exact) mass is 415 g/mol. The van der Waals surface area contributed by atoms with E-state index in [1.165, 1.54) is 11.1 Å². The summed E-state index contributed by atoms with van der Waals surface area (Å²) in [4.78, 5) is 25.8. The number of hydrazine groups is 1. The number of benzene rings is 2. The molecule has 2 aromatic carbocycles. The van der Waals surface area contributed by atoms with Crippen LogP contribution in [0.25, 0.3) is 0 Å². The Bertz CT molecular complexity index is 1120. The van der Waals surface area contributed by atoms with Gasteiger partial charge in [-0.1, -0.05) is 54.6 Å². The first-order chi connectivity index (χ1) is 15.2. The summed E-state index contributed by atoms with van der Waals surface area (Å²) in [6, 6.07) is 18.1. The minimum absolute atomic E-state index is 0.100. The van der Waals surface area contributed by atoms with E-state index in [0.29, 0.717) is 13.1 Å². The summed E-state index contributed by atoms with van der Waals surface area (Å²) < 4.78 is 11.0. The number of carbonyl (C=O) groups excluding carboxylic acids is 2.